The Morgan fingerprint density at radius 2 is 2.07 bits per heavy atom. The summed E-state index contributed by atoms with van der Waals surface area (Å²) in [6.45, 7) is 1.48. The largest absolute Gasteiger partial charge is 0.469 e. The second kappa shape index (κ2) is 10.5. The standard InChI is InChI=1S/C20H32NO5P/c1-20(21,16-25-27(22,23)24)15-14-19-13-12-18(26-19)11-7-3-6-10-17-8-4-2-5-9-17/h12-13,17H,2-6,8-10,14-16,21H2,1H3,(H2,22,23,24)/t20-/m1/s1. The molecule has 0 bridgehead atoms. The molecule has 2 rings (SSSR count). The van der Waals surface area contributed by atoms with Crippen LogP contribution in [0.15, 0.2) is 16.5 Å². The van der Waals surface area contributed by atoms with Crippen molar-refractivity contribution in [2.45, 2.75) is 76.7 Å². The molecular formula is C20H32NO5P. The number of nitrogens with two attached hydrogens (primary N) is 1. The molecule has 7 heteroatoms. The zero-order valence-corrected chi connectivity index (χ0v) is 17.0. The number of hydrogen-bond donors (Lipinski definition) is 3. The van der Waals surface area contributed by atoms with Gasteiger partial charge in [0.25, 0.3) is 0 Å². The first kappa shape index (κ1) is 22.2. The molecule has 6 nitrogen and oxygen atoms in total. The molecule has 1 aromatic rings. The highest BCUT2D eigenvalue weighted by Crippen LogP contribution is 2.36. The fourth-order valence-corrected chi connectivity index (χ4v) is 3.86. The van der Waals surface area contributed by atoms with E-state index in [-0.39, 0.29) is 6.61 Å². The van der Waals surface area contributed by atoms with Gasteiger partial charge in [-0.15, -0.1) is 0 Å². The van der Waals surface area contributed by atoms with Crippen LogP contribution in [0.2, 0.25) is 0 Å². The molecule has 0 saturated heterocycles. The van der Waals surface area contributed by atoms with E-state index in [0.717, 1.165) is 24.5 Å². The molecular weight excluding hydrogens is 365 g/mol. The van der Waals surface area contributed by atoms with E-state index in [1.165, 1.54) is 38.5 Å². The van der Waals surface area contributed by atoms with Gasteiger partial charge >= 0.3 is 7.82 Å². The number of phosphoric ester groups is 1. The molecule has 0 spiro atoms. The van der Waals surface area contributed by atoms with Gasteiger partial charge in [-0.1, -0.05) is 38.0 Å². The number of hydrogen-bond acceptors (Lipinski definition) is 4. The summed E-state index contributed by atoms with van der Waals surface area (Å²) in [6.07, 6.45) is 11.3. The van der Waals surface area contributed by atoms with Gasteiger partial charge in [-0.05, 0) is 50.2 Å². The van der Waals surface area contributed by atoms with Crippen molar-refractivity contribution in [3.63, 3.8) is 0 Å². The van der Waals surface area contributed by atoms with E-state index in [9.17, 15) is 4.57 Å². The summed E-state index contributed by atoms with van der Waals surface area (Å²) in [6, 6.07) is 3.72. The molecule has 1 aliphatic rings. The summed E-state index contributed by atoms with van der Waals surface area (Å²) >= 11 is 0. The van der Waals surface area contributed by atoms with Gasteiger partial charge in [-0.2, -0.15) is 0 Å². The molecule has 1 aliphatic carbocycles. The summed E-state index contributed by atoms with van der Waals surface area (Å²) in [7, 11) is -4.50. The first-order valence-corrected chi connectivity index (χ1v) is 11.3. The molecule has 152 valence electrons. The highest BCUT2D eigenvalue weighted by molar-refractivity contribution is 7.46. The van der Waals surface area contributed by atoms with Crippen LogP contribution in [0.1, 0.15) is 76.2 Å². The molecule has 1 atom stereocenters. The average molecular weight is 397 g/mol. The number of rotatable bonds is 9. The lowest BCUT2D eigenvalue weighted by Gasteiger charge is -2.23. The quantitative estimate of drug-likeness (QED) is 0.328. The Morgan fingerprint density at radius 3 is 2.78 bits per heavy atom. The number of unbranched alkanes of at least 4 members (excludes halogenated alkanes) is 1. The van der Waals surface area contributed by atoms with Crippen molar-refractivity contribution >= 4 is 7.82 Å². The van der Waals surface area contributed by atoms with Crippen molar-refractivity contribution in [2.24, 2.45) is 11.7 Å². The second-order valence-electron chi connectivity index (χ2n) is 7.88. The molecule has 1 heterocycles. The average Bonchev–Trinajstić information content (AvgIpc) is 3.07. The molecule has 1 fully saturated rings. The lowest BCUT2D eigenvalue weighted by atomic mass is 9.86. The van der Waals surface area contributed by atoms with Crippen LogP contribution in [0.25, 0.3) is 0 Å². The Bertz CT molecular complexity index is 676. The van der Waals surface area contributed by atoms with Crippen LogP contribution in [0.5, 0.6) is 0 Å². The number of furan rings is 1. The normalized spacial score (nSPS) is 17.9. The smallest absolute Gasteiger partial charge is 0.453 e. The van der Waals surface area contributed by atoms with E-state index >= 15 is 0 Å². The van der Waals surface area contributed by atoms with E-state index in [1.807, 2.05) is 12.1 Å². The molecule has 1 aromatic heterocycles. The van der Waals surface area contributed by atoms with Crippen LogP contribution in [-0.4, -0.2) is 21.9 Å². The summed E-state index contributed by atoms with van der Waals surface area (Å²) < 4.78 is 21.0. The maximum atomic E-state index is 10.8. The van der Waals surface area contributed by atoms with Crippen LogP contribution in [0.3, 0.4) is 0 Å². The van der Waals surface area contributed by atoms with Gasteiger partial charge in [-0.3, -0.25) is 4.52 Å². The topological polar surface area (TPSA) is 106 Å². The van der Waals surface area contributed by atoms with E-state index < -0.39 is 13.4 Å². The van der Waals surface area contributed by atoms with Gasteiger partial charge in [0.2, 0.25) is 0 Å². The predicted molar refractivity (Wildman–Crippen MR) is 105 cm³/mol. The van der Waals surface area contributed by atoms with Gasteiger partial charge in [0.1, 0.15) is 5.76 Å². The van der Waals surface area contributed by atoms with E-state index in [2.05, 4.69) is 16.4 Å². The molecule has 0 radical (unpaired) electrons. The van der Waals surface area contributed by atoms with Crippen LogP contribution in [0.4, 0.5) is 0 Å². The Hall–Kier alpha value is -1.09. The minimum absolute atomic E-state index is 0.217. The van der Waals surface area contributed by atoms with Gasteiger partial charge in [0.05, 0.1) is 6.61 Å². The summed E-state index contributed by atoms with van der Waals surface area (Å²) in [5.74, 6) is 8.56. The van der Waals surface area contributed by atoms with Crippen molar-refractivity contribution in [1.82, 2.24) is 0 Å². The van der Waals surface area contributed by atoms with Crippen molar-refractivity contribution < 1.29 is 23.3 Å². The maximum absolute atomic E-state index is 10.8. The second-order valence-corrected chi connectivity index (χ2v) is 9.12. The van der Waals surface area contributed by atoms with Gasteiger partial charge in [-0.25, -0.2) is 4.57 Å². The third-order valence-electron chi connectivity index (χ3n) is 5.02. The first-order chi connectivity index (χ1) is 12.7. The van der Waals surface area contributed by atoms with Crippen molar-refractivity contribution in [3.05, 3.63) is 23.7 Å². The lowest BCUT2D eigenvalue weighted by Crippen LogP contribution is -2.41. The molecule has 0 amide bonds. The fraction of sp³-hybridized carbons (Fsp3) is 0.700. The van der Waals surface area contributed by atoms with Gasteiger partial charge in [0, 0.05) is 18.4 Å². The predicted octanol–water partition coefficient (Wildman–Crippen LogP) is 4.14. The van der Waals surface area contributed by atoms with Crippen molar-refractivity contribution in [2.75, 3.05) is 6.61 Å². The fourth-order valence-electron chi connectivity index (χ4n) is 3.40. The number of aryl methyl sites for hydroxylation is 1. The minimum atomic E-state index is -4.50. The van der Waals surface area contributed by atoms with Crippen LogP contribution in [0, 0.1) is 17.8 Å². The SMILES string of the molecule is C[C@@](N)(CCc1ccc(C#CCCCC2CCCCC2)o1)COP(=O)(O)O. The van der Waals surface area contributed by atoms with E-state index in [0.29, 0.717) is 18.6 Å². The van der Waals surface area contributed by atoms with E-state index in [4.69, 9.17) is 19.9 Å². The van der Waals surface area contributed by atoms with Crippen LogP contribution >= 0.6 is 7.82 Å². The minimum Gasteiger partial charge on any atom is -0.453 e. The molecule has 0 aromatic carbocycles. The Balaban J connectivity index is 1.69. The molecule has 0 aliphatic heterocycles. The van der Waals surface area contributed by atoms with Crippen LogP contribution < -0.4 is 5.73 Å². The third-order valence-corrected chi connectivity index (χ3v) is 5.48. The van der Waals surface area contributed by atoms with Crippen molar-refractivity contribution in [3.8, 4) is 11.8 Å². The zero-order chi connectivity index (χ0) is 19.8. The van der Waals surface area contributed by atoms with Crippen LogP contribution in [-0.2, 0) is 15.5 Å². The van der Waals surface area contributed by atoms with Gasteiger partial charge in [0.15, 0.2) is 5.76 Å². The maximum Gasteiger partial charge on any atom is 0.469 e. The Morgan fingerprint density at radius 1 is 1.33 bits per heavy atom. The van der Waals surface area contributed by atoms with Gasteiger partial charge < -0.3 is 19.9 Å². The van der Waals surface area contributed by atoms with E-state index in [1.54, 1.807) is 6.92 Å². The van der Waals surface area contributed by atoms with Crippen molar-refractivity contribution in [1.29, 1.82) is 0 Å². The summed E-state index contributed by atoms with van der Waals surface area (Å²) in [4.78, 5) is 17.5. The lowest BCUT2D eigenvalue weighted by molar-refractivity contribution is 0.154. The number of phosphoric acid groups is 1. The summed E-state index contributed by atoms with van der Waals surface area (Å²) in [5.41, 5.74) is 5.17. The highest BCUT2D eigenvalue weighted by Gasteiger charge is 2.24. The third kappa shape index (κ3) is 9.60. The molecule has 4 N–H and O–H groups in total. The first-order valence-electron chi connectivity index (χ1n) is 9.80. The Labute approximate surface area is 162 Å². The molecule has 0 unspecified atom stereocenters. The monoisotopic (exact) mass is 397 g/mol. The Kier molecular flexibility index (Phi) is 8.60. The molecule has 1 saturated carbocycles. The zero-order valence-electron chi connectivity index (χ0n) is 16.2. The molecule has 27 heavy (non-hydrogen) atoms. The highest BCUT2D eigenvalue weighted by atomic mass is 31.2. The summed E-state index contributed by atoms with van der Waals surface area (Å²) in [5, 5.41) is 0.